The van der Waals surface area contributed by atoms with Crippen LogP contribution < -0.4 is 4.90 Å². The Labute approximate surface area is 187 Å². The first-order valence-corrected chi connectivity index (χ1v) is 12.1. The Morgan fingerprint density at radius 3 is 2.50 bits per heavy atom. The summed E-state index contributed by atoms with van der Waals surface area (Å²) in [6, 6.07) is 15.5. The molecular formula is C22H17F2N3O3S2. The number of hydrogen-bond acceptors (Lipinski definition) is 6. The van der Waals surface area contributed by atoms with Crippen molar-refractivity contribution < 1.29 is 22.0 Å². The van der Waals surface area contributed by atoms with E-state index in [9.17, 15) is 22.0 Å². The monoisotopic (exact) mass is 473 g/mol. The number of thiazole rings is 1. The van der Waals surface area contributed by atoms with Crippen LogP contribution in [0.25, 0.3) is 10.2 Å². The molecule has 0 fully saturated rings. The molecule has 2 heterocycles. The highest BCUT2D eigenvalue weighted by molar-refractivity contribution is 7.91. The number of carbonyl (C=O) groups excluding carboxylic acids is 1. The summed E-state index contributed by atoms with van der Waals surface area (Å²) in [6.07, 6.45) is 1.54. The van der Waals surface area contributed by atoms with Gasteiger partial charge in [0.25, 0.3) is 0 Å². The maximum Gasteiger partial charge on any atom is 0.244 e. The third-order valence-electron chi connectivity index (χ3n) is 4.55. The van der Waals surface area contributed by atoms with E-state index in [0.717, 1.165) is 22.3 Å². The van der Waals surface area contributed by atoms with Crippen molar-refractivity contribution in [3.8, 4) is 0 Å². The van der Waals surface area contributed by atoms with Crippen LogP contribution in [0.15, 0.2) is 66.9 Å². The van der Waals surface area contributed by atoms with Crippen LogP contribution in [0.2, 0.25) is 0 Å². The van der Waals surface area contributed by atoms with Crippen molar-refractivity contribution in [2.75, 3.05) is 10.7 Å². The molecule has 32 heavy (non-hydrogen) atoms. The number of nitrogens with zero attached hydrogens (tertiary/aromatic N) is 3. The fourth-order valence-electron chi connectivity index (χ4n) is 3.12. The molecule has 0 spiro atoms. The molecule has 0 aliphatic heterocycles. The van der Waals surface area contributed by atoms with Crippen LogP contribution in [-0.4, -0.2) is 30.0 Å². The maximum atomic E-state index is 14.2. The Kier molecular flexibility index (Phi) is 6.24. The summed E-state index contributed by atoms with van der Waals surface area (Å²) in [5, 5.41) is 0.0649. The number of halogens is 2. The standard InChI is InChI=1S/C22H17F2N3O3S2/c23-16-10-18(24)21-19(11-16)31-22(26-21)27(12-17-8-4-5-9-25-17)20(28)14-32(29,30)13-15-6-2-1-3-7-15/h1-11H,12-14H2. The van der Waals surface area contributed by atoms with Crippen molar-refractivity contribution in [2.24, 2.45) is 0 Å². The molecule has 0 unspecified atom stereocenters. The van der Waals surface area contributed by atoms with Gasteiger partial charge in [-0.3, -0.25) is 14.7 Å². The molecule has 0 atom stereocenters. The van der Waals surface area contributed by atoms with Gasteiger partial charge in [0.05, 0.1) is 22.7 Å². The average Bonchev–Trinajstić information content (AvgIpc) is 3.16. The van der Waals surface area contributed by atoms with Crippen molar-refractivity contribution in [1.29, 1.82) is 0 Å². The van der Waals surface area contributed by atoms with E-state index < -0.39 is 33.1 Å². The summed E-state index contributed by atoms with van der Waals surface area (Å²) in [4.78, 5) is 22.6. The van der Waals surface area contributed by atoms with E-state index in [4.69, 9.17) is 0 Å². The van der Waals surface area contributed by atoms with Crippen LogP contribution in [-0.2, 0) is 26.9 Å². The van der Waals surface area contributed by atoms with Crippen LogP contribution in [0.3, 0.4) is 0 Å². The van der Waals surface area contributed by atoms with Gasteiger partial charge in [-0.2, -0.15) is 0 Å². The Hall–Kier alpha value is -3.24. The SMILES string of the molecule is O=C(CS(=O)(=O)Cc1ccccc1)N(Cc1ccccn1)c1nc2c(F)cc(F)cc2s1. The molecule has 164 valence electrons. The zero-order valence-corrected chi connectivity index (χ0v) is 18.2. The Morgan fingerprint density at radius 2 is 1.78 bits per heavy atom. The maximum absolute atomic E-state index is 14.2. The third kappa shape index (κ3) is 5.14. The van der Waals surface area contributed by atoms with Gasteiger partial charge in [-0.1, -0.05) is 47.7 Å². The summed E-state index contributed by atoms with van der Waals surface area (Å²) in [5.41, 5.74) is 0.971. The molecule has 10 heteroatoms. The van der Waals surface area contributed by atoms with Gasteiger partial charge in [0.15, 0.2) is 20.8 Å². The molecule has 4 rings (SSSR count). The first-order valence-electron chi connectivity index (χ1n) is 9.51. The van der Waals surface area contributed by atoms with Crippen molar-refractivity contribution >= 4 is 42.4 Å². The van der Waals surface area contributed by atoms with Gasteiger partial charge >= 0.3 is 0 Å². The zero-order chi connectivity index (χ0) is 22.7. The molecule has 0 aliphatic rings. The van der Waals surface area contributed by atoms with E-state index in [2.05, 4.69) is 9.97 Å². The molecule has 0 bridgehead atoms. The number of anilines is 1. The summed E-state index contributed by atoms with van der Waals surface area (Å²) in [7, 11) is -3.79. The van der Waals surface area contributed by atoms with Crippen LogP contribution in [0.1, 0.15) is 11.3 Å². The second-order valence-electron chi connectivity index (χ2n) is 7.05. The summed E-state index contributed by atoms with van der Waals surface area (Å²) in [5.74, 6) is -3.41. The number of pyridine rings is 1. The fraction of sp³-hybridized carbons (Fsp3) is 0.136. The number of aromatic nitrogens is 2. The Bertz CT molecular complexity index is 1360. The lowest BCUT2D eigenvalue weighted by atomic mass is 10.2. The van der Waals surface area contributed by atoms with Gasteiger partial charge in [0.1, 0.15) is 17.1 Å². The van der Waals surface area contributed by atoms with Crippen molar-refractivity contribution in [1.82, 2.24) is 9.97 Å². The van der Waals surface area contributed by atoms with Gasteiger partial charge in [0, 0.05) is 12.3 Å². The number of rotatable bonds is 7. The minimum absolute atomic E-state index is 0.0649. The lowest BCUT2D eigenvalue weighted by Crippen LogP contribution is -2.36. The highest BCUT2D eigenvalue weighted by atomic mass is 32.2. The lowest BCUT2D eigenvalue weighted by molar-refractivity contribution is -0.116. The zero-order valence-electron chi connectivity index (χ0n) is 16.6. The van der Waals surface area contributed by atoms with E-state index in [0.29, 0.717) is 17.3 Å². The first kappa shape index (κ1) is 22.0. The van der Waals surface area contributed by atoms with Gasteiger partial charge in [0.2, 0.25) is 5.91 Å². The smallest absolute Gasteiger partial charge is 0.244 e. The highest BCUT2D eigenvalue weighted by Gasteiger charge is 2.27. The van der Waals surface area contributed by atoms with Crippen molar-refractivity contribution in [3.05, 3.63) is 89.8 Å². The van der Waals surface area contributed by atoms with Gasteiger partial charge < -0.3 is 0 Å². The number of sulfone groups is 1. The molecule has 2 aromatic carbocycles. The van der Waals surface area contributed by atoms with E-state index in [1.807, 2.05) is 0 Å². The quantitative estimate of drug-likeness (QED) is 0.403. The number of carbonyl (C=O) groups is 1. The van der Waals surface area contributed by atoms with E-state index in [1.165, 1.54) is 6.20 Å². The highest BCUT2D eigenvalue weighted by Crippen LogP contribution is 2.32. The minimum atomic E-state index is -3.79. The molecule has 0 aliphatic carbocycles. The molecule has 1 amide bonds. The minimum Gasteiger partial charge on any atom is -0.281 e. The molecule has 0 N–H and O–H groups in total. The summed E-state index contributed by atoms with van der Waals surface area (Å²) < 4.78 is 53.3. The van der Waals surface area contributed by atoms with Crippen LogP contribution in [0.5, 0.6) is 0 Å². The number of benzene rings is 2. The summed E-state index contributed by atoms with van der Waals surface area (Å²) >= 11 is 0.903. The molecule has 0 saturated heterocycles. The van der Waals surface area contributed by atoms with Crippen LogP contribution >= 0.6 is 11.3 Å². The average molecular weight is 474 g/mol. The second kappa shape index (κ2) is 9.09. The fourth-order valence-corrected chi connectivity index (χ4v) is 5.48. The second-order valence-corrected chi connectivity index (χ2v) is 10.1. The molecule has 6 nitrogen and oxygen atoms in total. The number of amides is 1. The molecule has 0 saturated carbocycles. The van der Waals surface area contributed by atoms with Crippen LogP contribution in [0, 0.1) is 11.6 Å². The van der Waals surface area contributed by atoms with Gasteiger partial charge in [-0.15, -0.1) is 0 Å². The Morgan fingerprint density at radius 1 is 1.03 bits per heavy atom. The first-order chi connectivity index (χ1) is 15.3. The molecule has 2 aromatic heterocycles. The largest absolute Gasteiger partial charge is 0.281 e. The number of fused-ring (bicyclic) bond motifs is 1. The van der Waals surface area contributed by atoms with Crippen LogP contribution in [0.4, 0.5) is 13.9 Å². The topological polar surface area (TPSA) is 80.2 Å². The normalized spacial score (nSPS) is 11.6. The van der Waals surface area contributed by atoms with Crippen molar-refractivity contribution in [3.63, 3.8) is 0 Å². The molecule has 4 aromatic rings. The predicted molar refractivity (Wildman–Crippen MR) is 119 cm³/mol. The molecule has 0 radical (unpaired) electrons. The molecular weight excluding hydrogens is 456 g/mol. The van der Waals surface area contributed by atoms with Gasteiger partial charge in [-0.25, -0.2) is 22.2 Å². The van der Waals surface area contributed by atoms with E-state index in [-0.39, 0.29) is 27.6 Å². The third-order valence-corrected chi connectivity index (χ3v) is 7.04. The Balaban J connectivity index is 1.66. The van der Waals surface area contributed by atoms with Crippen molar-refractivity contribution in [2.45, 2.75) is 12.3 Å². The number of hydrogen-bond donors (Lipinski definition) is 0. The van der Waals surface area contributed by atoms with E-state index in [1.54, 1.807) is 48.5 Å². The van der Waals surface area contributed by atoms with E-state index >= 15 is 0 Å². The summed E-state index contributed by atoms with van der Waals surface area (Å²) in [6.45, 7) is -0.0650. The van der Waals surface area contributed by atoms with Gasteiger partial charge in [-0.05, 0) is 23.8 Å². The predicted octanol–water partition coefficient (Wildman–Crippen LogP) is 4.12. The lowest BCUT2D eigenvalue weighted by Gasteiger charge is -2.19.